The molecule has 1 amide bonds. The SMILES string of the molecule is CCN(CCc1ccccc1)C(=O)c1ccc(Br)c(Cl)c1. The lowest BCUT2D eigenvalue weighted by Crippen LogP contribution is -2.32. The van der Waals surface area contributed by atoms with Crippen LogP contribution in [-0.2, 0) is 6.42 Å². The summed E-state index contributed by atoms with van der Waals surface area (Å²) < 4.78 is 0.799. The maximum Gasteiger partial charge on any atom is 0.253 e. The zero-order valence-corrected chi connectivity index (χ0v) is 14.2. The molecule has 0 N–H and O–H groups in total. The maximum absolute atomic E-state index is 12.5. The molecule has 0 unspecified atom stereocenters. The molecule has 4 heteroatoms. The van der Waals surface area contributed by atoms with Crippen molar-refractivity contribution in [3.8, 4) is 0 Å². The topological polar surface area (TPSA) is 20.3 Å². The number of benzene rings is 2. The second-order valence-corrected chi connectivity index (χ2v) is 6.01. The number of hydrogen-bond donors (Lipinski definition) is 0. The number of nitrogens with zero attached hydrogens (tertiary/aromatic N) is 1. The Labute approximate surface area is 138 Å². The second-order valence-electron chi connectivity index (χ2n) is 4.75. The molecule has 0 atom stereocenters. The first-order chi connectivity index (χ1) is 10.1. The van der Waals surface area contributed by atoms with E-state index in [0.29, 0.717) is 23.7 Å². The van der Waals surface area contributed by atoms with Crippen LogP contribution in [0.1, 0.15) is 22.8 Å². The van der Waals surface area contributed by atoms with Crippen LogP contribution in [0.4, 0.5) is 0 Å². The molecule has 2 rings (SSSR count). The Morgan fingerprint density at radius 3 is 2.52 bits per heavy atom. The summed E-state index contributed by atoms with van der Waals surface area (Å²) in [4.78, 5) is 14.4. The fourth-order valence-electron chi connectivity index (χ4n) is 2.12. The van der Waals surface area contributed by atoms with E-state index in [-0.39, 0.29) is 5.91 Å². The van der Waals surface area contributed by atoms with Gasteiger partial charge in [-0.1, -0.05) is 41.9 Å². The summed E-state index contributed by atoms with van der Waals surface area (Å²) in [6.45, 7) is 3.37. The van der Waals surface area contributed by atoms with Crippen LogP contribution in [0.25, 0.3) is 0 Å². The van der Waals surface area contributed by atoms with E-state index in [1.165, 1.54) is 5.56 Å². The number of halogens is 2. The van der Waals surface area contributed by atoms with Gasteiger partial charge in [0.25, 0.3) is 5.91 Å². The number of amides is 1. The molecule has 0 aliphatic heterocycles. The first-order valence-corrected chi connectivity index (χ1v) is 8.07. The third-order valence-electron chi connectivity index (χ3n) is 3.35. The molecule has 2 aromatic rings. The Bertz CT molecular complexity index is 615. The van der Waals surface area contributed by atoms with Crippen molar-refractivity contribution in [3.63, 3.8) is 0 Å². The number of hydrogen-bond acceptors (Lipinski definition) is 1. The summed E-state index contributed by atoms with van der Waals surface area (Å²) in [7, 11) is 0. The highest BCUT2D eigenvalue weighted by Crippen LogP contribution is 2.23. The first kappa shape index (κ1) is 16.1. The normalized spacial score (nSPS) is 10.4. The lowest BCUT2D eigenvalue weighted by molar-refractivity contribution is 0.0766. The zero-order valence-electron chi connectivity index (χ0n) is 11.9. The second kappa shape index (κ2) is 7.62. The predicted molar refractivity (Wildman–Crippen MR) is 90.9 cm³/mol. The molecule has 21 heavy (non-hydrogen) atoms. The van der Waals surface area contributed by atoms with Crippen LogP contribution in [0.5, 0.6) is 0 Å². The third kappa shape index (κ3) is 4.32. The quantitative estimate of drug-likeness (QED) is 0.744. The van der Waals surface area contributed by atoms with Gasteiger partial charge in [-0.2, -0.15) is 0 Å². The predicted octanol–water partition coefficient (Wildman–Crippen LogP) is 4.81. The van der Waals surface area contributed by atoms with Gasteiger partial charge >= 0.3 is 0 Å². The summed E-state index contributed by atoms with van der Waals surface area (Å²) >= 11 is 9.40. The Hall–Kier alpha value is -1.32. The Balaban J connectivity index is 2.06. The highest BCUT2D eigenvalue weighted by molar-refractivity contribution is 9.10. The number of likely N-dealkylation sites (N-methyl/N-ethyl adjacent to an activating group) is 1. The van der Waals surface area contributed by atoms with Crippen LogP contribution in [0, 0.1) is 0 Å². The van der Waals surface area contributed by atoms with Crippen molar-refractivity contribution < 1.29 is 4.79 Å². The molecule has 0 bridgehead atoms. The van der Waals surface area contributed by atoms with E-state index in [1.54, 1.807) is 18.2 Å². The molecular formula is C17H17BrClNO. The largest absolute Gasteiger partial charge is 0.339 e. The standard InChI is InChI=1S/C17H17BrClNO/c1-2-20(11-10-13-6-4-3-5-7-13)17(21)14-8-9-15(18)16(19)12-14/h3-9,12H,2,10-11H2,1H3. The molecule has 2 aromatic carbocycles. The van der Waals surface area contributed by atoms with E-state index >= 15 is 0 Å². The lowest BCUT2D eigenvalue weighted by atomic mass is 10.1. The van der Waals surface area contributed by atoms with E-state index < -0.39 is 0 Å². The summed E-state index contributed by atoms with van der Waals surface area (Å²) in [6.07, 6.45) is 0.852. The van der Waals surface area contributed by atoms with Crippen LogP contribution in [0.3, 0.4) is 0 Å². The third-order valence-corrected chi connectivity index (χ3v) is 4.58. The smallest absolute Gasteiger partial charge is 0.253 e. The molecule has 0 fully saturated rings. The van der Waals surface area contributed by atoms with Gasteiger partial charge < -0.3 is 4.90 Å². The summed E-state index contributed by atoms with van der Waals surface area (Å²) in [5.41, 5.74) is 1.86. The molecular weight excluding hydrogens is 350 g/mol. The first-order valence-electron chi connectivity index (χ1n) is 6.90. The summed E-state index contributed by atoms with van der Waals surface area (Å²) in [6, 6.07) is 15.5. The monoisotopic (exact) mass is 365 g/mol. The van der Waals surface area contributed by atoms with E-state index in [2.05, 4.69) is 28.1 Å². The van der Waals surface area contributed by atoms with Crippen molar-refractivity contribution >= 4 is 33.4 Å². The van der Waals surface area contributed by atoms with Crippen molar-refractivity contribution in [2.24, 2.45) is 0 Å². The Morgan fingerprint density at radius 1 is 1.19 bits per heavy atom. The number of carbonyl (C=O) groups is 1. The maximum atomic E-state index is 12.5. The van der Waals surface area contributed by atoms with Gasteiger partial charge in [-0.25, -0.2) is 0 Å². The highest BCUT2D eigenvalue weighted by Gasteiger charge is 2.15. The summed E-state index contributed by atoms with van der Waals surface area (Å²) in [5.74, 6) is 0.0165. The zero-order chi connectivity index (χ0) is 15.2. The molecule has 0 aliphatic carbocycles. The Kier molecular flexibility index (Phi) is 5.83. The molecule has 0 saturated heterocycles. The number of rotatable bonds is 5. The van der Waals surface area contributed by atoms with Gasteiger partial charge in [-0.15, -0.1) is 0 Å². The average Bonchev–Trinajstić information content (AvgIpc) is 2.51. The van der Waals surface area contributed by atoms with E-state index in [0.717, 1.165) is 10.9 Å². The molecule has 0 saturated carbocycles. The van der Waals surface area contributed by atoms with Crippen molar-refractivity contribution in [3.05, 3.63) is 69.2 Å². The van der Waals surface area contributed by atoms with Crippen molar-refractivity contribution in [1.29, 1.82) is 0 Å². The van der Waals surface area contributed by atoms with Crippen molar-refractivity contribution in [1.82, 2.24) is 4.90 Å². The van der Waals surface area contributed by atoms with Crippen LogP contribution in [0.2, 0.25) is 5.02 Å². The molecule has 0 heterocycles. The van der Waals surface area contributed by atoms with Crippen LogP contribution in [0.15, 0.2) is 53.0 Å². The van der Waals surface area contributed by atoms with Gasteiger partial charge in [0.15, 0.2) is 0 Å². The minimum atomic E-state index is 0.0165. The summed E-state index contributed by atoms with van der Waals surface area (Å²) in [5, 5.41) is 0.556. The Morgan fingerprint density at radius 2 is 1.90 bits per heavy atom. The van der Waals surface area contributed by atoms with Gasteiger partial charge in [0, 0.05) is 23.1 Å². The van der Waals surface area contributed by atoms with Crippen LogP contribution in [-0.4, -0.2) is 23.9 Å². The average molecular weight is 367 g/mol. The minimum Gasteiger partial charge on any atom is -0.339 e. The fourth-order valence-corrected chi connectivity index (χ4v) is 2.55. The van der Waals surface area contributed by atoms with Gasteiger partial charge in [0.2, 0.25) is 0 Å². The molecule has 0 aliphatic rings. The van der Waals surface area contributed by atoms with Crippen LogP contribution < -0.4 is 0 Å². The van der Waals surface area contributed by atoms with Crippen molar-refractivity contribution in [2.75, 3.05) is 13.1 Å². The molecule has 2 nitrogen and oxygen atoms in total. The van der Waals surface area contributed by atoms with Gasteiger partial charge in [0.05, 0.1) is 5.02 Å². The van der Waals surface area contributed by atoms with Gasteiger partial charge in [-0.05, 0) is 53.0 Å². The minimum absolute atomic E-state index is 0.0165. The lowest BCUT2D eigenvalue weighted by Gasteiger charge is -2.21. The van der Waals surface area contributed by atoms with Gasteiger partial charge in [0.1, 0.15) is 0 Å². The van der Waals surface area contributed by atoms with E-state index in [4.69, 9.17) is 11.6 Å². The molecule has 0 spiro atoms. The fraction of sp³-hybridized carbons (Fsp3) is 0.235. The van der Waals surface area contributed by atoms with Crippen LogP contribution >= 0.6 is 27.5 Å². The van der Waals surface area contributed by atoms with Crippen molar-refractivity contribution in [2.45, 2.75) is 13.3 Å². The molecule has 0 radical (unpaired) electrons. The number of carbonyl (C=O) groups excluding carboxylic acids is 1. The molecule has 110 valence electrons. The van der Waals surface area contributed by atoms with E-state index in [1.807, 2.05) is 30.0 Å². The van der Waals surface area contributed by atoms with E-state index in [9.17, 15) is 4.79 Å². The van der Waals surface area contributed by atoms with Gasteiger partial charge in [-0.3, -0.25) is 4.79 Å². The highest BCUT2D eigenvalue weighted by atomic mass is 79.9. The molecule has 0 aromatic heterocycles.